The summed E-state index contributed by atoms with van der Waals surface area (Å²) in [7, 11) is 0. The van der Waals surface area contributed by atoms with E-state index in [9.17, 15) is 0 Å². The van der Waals surface area contributed by atoms with Gasteiger partial charge in [-0.2, -0.15) is 10.4 Å². The highest BCUT2D eigenvalue weighted by Crippen LogP contribution is 2.46. The first-order valence-electron chi connectivity index (χ1n) is 5.11. The van der Waals surface area contributed by atoms with Crippen LogP contribution in [0.15, 0.2) is 12.3 Å². The highest BCUT2D eigenvalue weighted by atomic mass is 15.3. The minimum Gasteiger partial charge on any atom is -0.272 e. The Kier molecular flexibility index (Phi) is 2.07. The molecule has 74 valence electrons. The molecule has 1 aliphatic carbocycles. The lowest BCUT2D eigenvalue weighted by molar-refractivity contribution is 0.478. The smallest absolute Gasteiger partial charge is 0.101 e. The molecule has 0 amide bonds. The maximum Gasteiger partial charge on any atom is 0.101 e. The average Bonchev–Trinajstić information content (AvgIpc) is 2.81. The molecule has 14 heavy (non-hydrogen) atoms. The highest BCUT2D eigenvalue weighted by molar-refractivity contribution is 5.32. The first-order valence-corrected chi connectivity index (χ1v) is 5.11. The van der Waals surface area contributed by atoms with Crippen molar-refractivity contribution in [2.24, 2.45) is 5.92 Å². The lowest BCUT2D eigenvalue weighted by Crippen LogP contribution is -2.08. The first kappa shape index (κ1) is 9.26. The van der Waals surface area contributed by atoms with E-state index in [0.29, 0.717) is 5.92 Å². The van der Waals surface area contributed by atoms with E-state index in [0.717, 1.165) is 25.1 Å². The minimum atomic E-state index is -0.234. The molecule has 0 aromatic carbocycles. The van der Waals surface area contributed by atoms with Crippen LogP contribution in [-0.4, -0.2) is 9.78 Å². The largest absolute Gasteiger partial charge is 0.272 e. The van der Waals surface area contributed by atoms with Gasteiger partial charge in [0.2, 0.25) is 0 Å². The lowest BCUT2D eigenvalue weighted by atomic mass is 10.1. The molecule has 0 spiro atoms. The molecule has 1 fully saturated rings. The molecule has 1 aliphatic rings. The van der Waals surface area contributed by atoms with Crippen molar-refractivity contribution in [2.45, 2.75) is 38.6 Å². The number of nitrogens with zero attached hydrogens (tertiary/aromatic N) is 3. The third kappa shape index (κ3) is 1.52. The Hall–Kier alpha value is -1.30. The Morgan fingerprint density at radius 3 is 2.86 bits per heavy atom. The van der Waals surface area contributed by atoms with E-state index in [4.69, 9.17) is 5.26 Å². The molecule has 2 rings (SSSR count). The number of hydrogen-bond acceptors (Lipinski definition) is 2. The summed E-state index contributed by atoms with van der Waals surface area (Å²) in [5.41, 5.74) is 0.725. The van der Waals surface area contributed by atoms with Crippen LogP contribution in [0.2, 0.25) is 0 Å². The molecule has 0 aliphatic heterocycles. The molecule has 0 atom stereocenters. The summed E-state index contributed by atoms with van der Waals surface area (Å²) in [4.78, 5) is 0. The highest BCUT2D eigenvalue weighted by Gasteiger charge is 2.46. The van der Waals surface area contributed by atoms with Crippen LogP contribution in [0.1, 0.15) is 32.4 Å². The summed E-state index contributed by atoms with van der Waals surface area (Å²) in [5.74, 6) is 0.597. The summed E-state index contributed by atoms with van der Waals surface area (Å²) in [6.45, 7) is 5.26. The van der Waals surface area contributed by atoms with E-state index >= 15 is 0 Å². The normalized spacial score (nSPS) is 18.1. The molecular weight excluding hydrogens is 174 g/mol. The van der Waals surface area contributed by atoms with Gasteiger partial charge in [0, 0.05) is 12.7 Å². The minimum absolute atomic E-state index is 0.234. The van der Waals surface area contributed by atoms with Crippen molar-refractivity contribution in [3.63, 3.8) is 0 Å². The van der Waals surface area contributed by atoms with E-state index in [1.165, 1.54) is 0 Å². The van der Waals surface area contributed by atoms with Crippen molar-refractivity contribution in [2.75, 3.05) is 0 Å². The summed E-state index contributed by atoms with van der Waals surface area (Å²) in [6, 6.07) is 4.34. The van der Waals surface area contributed by atoms with Gasteiger partial charge in [-0.05, 0) is 24.8 Å². The number of rotatable bonds is 3. The predicted molar refractivity (Wildman–Crippen MR) is 53.6 cm³/mol. The Labute approximate surface area is 84.3 Å². The van der Waals surface area contributed by atoms with Crippen LogP contribution in [0, 0.1) is 17.2 Å². The van der Waals surface area contributed by atoms with Crippen molar-refractivity contribution in [3.8, 4) is 6.07 Å². The SMILES string of the molecule is CC(C)Cn1ccc(C2(C#N)CC2)n1. The van der Waals surface area contributed by atoms with Crippen molar-refractivity contribution in [1.82, 2.24) is 9.78 Å². The van der Waals surface area contributed by atoms with Gasteiger partial charge in [0.1, 0.15) is 5.41 Å². The zero-order valence-electron chi connectivity index (χ0n) is 8.70. The Bertz CT molecular complexity index is 366. The molecule has 3 nitrogen and oxygen atoms in total. The van der Waals surface area contributed by atoms with E-state index in [-0.39, 0.29) is 5.41 Å². The fraction of sp³-hybridized carbons (Fsp3) is 0.636. The topological polar surface area (TPSA) is 41.6 Å². The van der Waals surface area contributed by atoms with Gasteiger partial charge in [-0.15, -0.1) is 0 Å². The predicted octanol–water partition coefficient (Wildman–Crippen LogP) is 2.09. The summed E-state index contributed by atoms with van der Waals surface area (Å²) in [6.07, 6.45) is 3.93. The second kappa shape index (κ2) is 3.13. The van der Waals surface area contributed by atoms with Crippen LogP contribution in [0.5, 0.6) is 0 Å². The standard InChI is InChI=1S/C11H15N3/c1-9(2)7-14-6-3-10(13-14)11(8-12)4-5-11/h3,6,9H,4-5,7H2,1-2H3. The number of nitriles is 1. The molecule has 1 aromatic heterocycles. The molecule has 0 bridgehead atoms. The van der Waals surface area contributed by atoms with Gasteiger partial charge in [-0.25, -0.2) is 0 Å². The Balaban J connectivity index is 2.15. The monoisotopic (exact) mass is 189 g/mol. The number of hydrogen-bond donors (Lipinski definition) is 0. The van der Waals surface area contributed by atoms with Crippen LogP contribution in [0.25, 0.3) is 0 Å². The summed E-state index contributed by atoms with van der Waals surface area (Å²) in [5, 5.41) is 13.5. The zero-order valence-corrected chi connectivity index (χ0v) is 8.70. The third-order valence-corrected chi connectivity index (χ3v) is 2.65. The second-order valence-corrected chi connectivity index (χ2v) is 4.51. The number of aromatic nitrogens is 2. The molecule has 1 saturated carbocycles. The van der Waals surface area contributed by atoms with Gasteiger partial charge in [-0.3, -0.25) is 4.68 Å². The zero-order chi connectivity index (χ0) is 10.2. The van der Waals surface area contributed by atoms with Crippen molar-refractivity contribution >= 4 is 0 Å². The maximum atomic E-state index is 9.00. The van der Waals surface area contributed by atoms with Crippen molar-refractivity contribution in [3.05, 3.63) is 18.0 Å². The van der Waals surface area contributed by atoms with Crippen LogP contribution in [0.4, 0.5) is 0 Å². The molecular formula is C11H15N3. The lowest BCUT2D eigenvalue weighted by Gasteiger charge is -2.04. The van der Waals surface area contributed by atoms with Gasteiger partial charge >= 0.3 is 0 Å². The maximum absolute atomic E-state index is 9.00. The van der Waals surface area contributed by atoms with Gasteiger partial charge in [0.25, 0.3) is 0 Å². The van der Waals surface area contributed by atoms with Crippen molar-refractivity contribution in [1.29, 1.82) is 5.26 Å². The van der Waals surface area contributed by atoms with E-state index in [1.54, 1.807) is 0 Å². The molecule has 0 saturated heterocycles. The third-order valence-electron chi connectivity index (χ3n) is 2.65. The van der Waals surface area contributed by atoms with Crippen molar-refractivity contribution < 1.29 is 0 Å². The fourth-order valence-corrected chi connectivity index (χ4v) is 1.64. The van der Waals surface area contributed by atoms with Gasteiger partial charge in [0.15, 0.2) is 0 Å². The summed E-state index contributed by atoms with van der Waals surface area (Å²) >= 11 is 0. The van der Waals surface area contributed by atoms with E-state index in [1.807, 2.05) is 16.9 Å². The Morgan fingerprint density at radius 1 is 1.64 bits per heavy atom. The second-order valence-electron chi connectivity index (χ2n) is 4.51. The molecule has 0 unspecified atom stereocenters. The van der Waals surface area contributed by atoms with E-state index in [2.05, 4.69) is 25.0 Å². The fourth-order valence-electron chi connectivity index (χ4n) is 1.64. The average molecular weight is 189 g/mol. The summed E-state index contributed by atoms with van der Waals surface area (Å²) < 4.78 is 1.94. The van der Waals surface area contributed by atoms with Crippen LogP contribution >= 0.6 is 0 Å². The molecule has 1 heterocycles. The van der Waals surface area contributed by atoms with Crippen LogP contribution in [-0.2, 0) is 12.0 Å². The Morgan fingerprint density at radius 2 is 2.36 bits per heavy atom. The van der Waals surface area contributed by atoms with Gasteiger partial charge in [0.05, 0.1) is 11.8 Å². The molecule has 3 heteroatoms. The molecule has 1 aromatic rings. The van der Waals surface area contributed by atoms with Gasteiger partial charge < -0.3 is 0 Å². The van der Waals surface area contributed by atoms with Gasteiger partial charge in [-0.1, -0.05) is 13.8 Å². The molecule has 0 N–H and O–H groups in total. The van der Waals surface area contributed by atoms with Crippen LogP contribution < -0.4 is 0 Å². The quantitative estimate of drug-likeness (QED) is 0.730. The molecule has 0 radical (unpaired) electrons. The van der Waals surface area contributed by atoms with E-state index < -0.39 is 0 Å². The first-order chi connectivity index (χ1) is 6.66. The van der Waals surface area contributed by atoms with Crippen LogP contribution in [0.3, 0.4) is 0 Å².